The van der Waals surface area contributed by atoms with E-state index in [2.05, 4.69) is 10.6 Å². The average Bonchev–Trinajstić information content (AvgIpc) is 3.12. The number of hydrogen-bond donors (Lipinski definition) is 2. The van der Waals surface area contributed by atoms with Gasteiger partial charge in [-0.05, 0) is 74.5 Å². The van der Waals surface area contributed by atoms with Crippen molar-refractivity contribution in [1.82, 2.24) is 0 Å². The van der Waals surface area contributed by atoms with Gasteiger partial charge in [0, 0.05) is 23.0 Å². The van der Waals surface area contributed by atoms with Crippen molar-refractivity contribution in [2.24, 2.45) is 0 Å². The number of rotatable bonds is 9. The van der Waals surface area contributed by atoms with E-state index < -0.39 is 11.8 Å². The number of methoxy groups -OCH3 is 2. The van der Waals surface area contributed by atoms with Crippen LogP contribution in [0.15, 0.2) is 77.5 Å². The zero-order valence-corrected chi connectivity index (χ0v) is 22.0. The van der Waals surface area contributed by atoms with Gasteiger partial charge >= 0.3 is 0 Å². The second-order valence-corrected chi connectivity index (χ2v) is 8.90. The zero-order valence-electron chi connectivity index (χ0n) is 21.2. The quantitative estimate of drug-likeness (QED) is 0.364. The van der Waals surface area contributed by atoms with Crippen LogP contribution < -0.4 is 29.7 Å². The lowest BCUT2D eigenvalue weighted by atomic mass is 10.2. The number of benzene rings is 3. The maximum atomic E-state index is 13.2. The molecule has 0 bridgehead atoms. The van der Waals surface area contributed by atoms with Crippen LogP contribution in [0.1, 0.15) is 24.2 Å². The molecule has 2 N–H and O–H groups in total. The molecule has 1 heterocycles. The number of anilines is 3. The van der Waals surface area contributed by atoms with Crippen LogP contribution in [0, 0.1) is 0 Å². The molecule has 0 aliphatic carbocycles. The highest BCUT2D eigenvalue weighted by Gasteiger charge is 2.40. The molecule has 38 heavy (non-hydrogen) atoms. The van der Waals surface area contributed by atoms with Gasteiger partial charge in [0.2, 0.25) is 0 Å². The van der Waals surface area contributed by atoms with Gasteiger partial charge in [-0.1, -0.05) is 11.6 Å². The minimum atomic E-state index is -0.702. The van der Waals surface area contributed by atoms with Gasteiger partial charge < -0.3 is 24.8 Å². The van der Waals surface area contributed by atoms with Gasteiger partial charge in [-0.3, -0.25) is 14.4 Å². The summed E-state index contributed by atoms with van der Waals surface area (Å²) in [4.78, 5) is 39.7. The first-order valence-electron chi connectivity index (χ1n) is 11.7. The third kappa shape index (κ3) is 5.57. The van der Waals surface area contributed by atoms with Gasteiger partial charge in [-0.2, -0.15) is 0 Å². The van der Waals surface area contributed by atoms with Crippen LogP contribution in [0.3, 0.4) is 0 Å². The molecule has 0 saturated heterocycles. The van der Waals surface area contributed by atoms with E-state index in [-0.39, 0.29) is 28.4 Å². The van der Waals surface area contributed by atoms with Crippen molar-refractivity contribution in [2.75, 3.05) is 29.8 Å². The van der Waals surface area contributed by atoms with E-state index >= 15 is 0 Å². The van der Waals surface area contributed by atoms with Crippen molar-refractivity contribution < 1.29 is 28.6 Å². The Balaban J connectivity index is 1.46. The van der Waals surface area contributed by atoms with Crippen molar-refractivity contribution in [3.8, 4) is 17.2 Å². The Morgan fingerprint density at radius 2 is 1.47 bits per heavy atom. The lowest BCUT2D eigenvalue weighted by Gasteiger charge is -2.19. The Bertz CT molecular complexity index is 1400. The predicted octanol–water partition coefficient (Wildman–Crippen LogP) is 5.18. The predicted molar refractivity (Wildman–Crippen MR) is 145 cm³/mol. The molecule has 0 aromatic heterocycles. The van der Waals surface area contributed by atoms with Crippen molar-refractivity contribution in [2.45, 2.75) is 20.0 Å². The Hall–Kier alpha value is -4.50. The molecule has 3 aromatic carbocycles. The van der Waals surface area contributed by atoms with Crippen LogP contribution in [0.25, 0.3) is 0 Å². The molecular weight excluding hydrogens is 510 g/mol. The first-order chi connectivity index (χ1) is 18.2. The Morgan fingerprint density at radius 3 is 2.08 bits per heavy atom. The standard InChI is InChI=1S/C28H26ClN3O6/c1-16(2)38-20-11-9-19(10-12-20)31-26(33)17-5-7-18(8-6-17)30-25-24(29)27(34)32(28(25)35)22-15-21(36-3)13-14-23(22)37-4/h5-16,30H,1-4H3,(H,31,33). The first kappa shape index (κ1) is 26.6. The molecule has 196 valence electrons. The number of amides is 3. The number of halogens is 1. The molecule has 0 saturated carbocycles. The smallest absolute Gasteiger partial charge is 0.283 e. The molecule has 0 fully saturated rings. The van der Waals surface area contributed by atoms with Gasteiger partial charge in [0.1, 0.15) is 28.0 Å². The zero-order chi connectivity index (χ0) is 27.4. The summed E-state index contributed by atoms with van der Waals surface area (Å²) in [6.07, 6.45) is 0.0543. The van der Waals surface area contributed by atoms with E-state index in [1.54, 1.807) is 60.7 Å². The summed E-state index contributed by atoms with van der Waals surface area (Å²) in [5.41, 5.74) is 1.59. The average molecular weight is 536 g/mol. The van der Waals surface area contributed by atoms with Crippen LogP contribution >= 0.6 is 11.6 Å². The number of carbonyl (C=O) groups excluding carboxylic acids is 3. The highest BCUT2D eigenvalue weighted by molar-refractivity contribution is 6.53. The van der Waals surface area contributed by atoms with Gasteiger partial charge in [0.05, 0.1) is 26.0 Å². The minimum absolute atomic E-state index is 0.0543. The van der Waals surface area contributed by atoms with Gasteiger partial charge in [0.15, 0.2) is 0 Å². The van der Waals surface area contributed by atoms with Crippen molar-refractivity contribution >= 4 is 46.4 Å². The fourth-order valence-corrected chi connectivity index (χ4v) is 3.96. The van der Waals surface area contributed by atoms with Crippen molar-refractivity contribution in [3.63, 3.8) is 0 Å². The Kier molecular flexibility index (Phi) is 7.87. The summed E-state index contributed by atoms with van der Waals surface area (Å²) in [7, 11) is 2.90. The topological polar surface area (TPSA) is 106 Å². The summed E-state index contributed by atoms with van der Waals surface area (Å²) in [6, 6.07) is 18.2. The lowest BCUT2D eigenvalue weighted by molar-refractivity contribution is -0.120. The molecule has 1 aliphatic heterocycles. The first-order valence-corrected chi connectivity index (χ1v) is 12.1. The number of imide groups is 1. The largest absolute Gasteiger partial charge is 0.497 e. The molecule has 0 radical (unpaired) electrons. The van der Waals surface area contributed by atoms with Gasteiger partial charge in [-0.15, -0.1) is 0 Å². The molecule has 0 spiro atoms. The maximum absolute atomic E-state index is 13.2. The fraction of sp³-hybridized carbons (Fsp3) is 0.179. The summed E-state index contributed by atoms with van der Waals surface area (Å²) in [5.74, 6) is -0.215. The highest BCUT2D eigenvalue weighted by Crippen LogP contribution is 2.38. The summed E-state index contributed by atoms with van der Waals surface area (Å²) >= 11 is 6.26. The minimum Gasteiger partial charge on any atom is -0.497 e. The molecule has 9 nitrogen and oxygen atoms in total. The Labute approximate surface area is 224 Å². The number of ether oxygens (including phenoxy) is 3. The molecule has 10 heteroatoms. The molecular formula is C28H26ClN3O6. The molecule has 3 amide bonds. The molecule has 1 aliphatic rings. The van der Waals surface area contributed by atoms with Gasteiger partial charge in [-0.25, -0.2) is 4.90 Å². The summed E-state index contributed by atoms with van der Waals surface area (Å²) < 4.78 is 16.1. The number of carbonyl (C=O) groups is 3. The number of nitrogens with zero attached hydrogens (tertiary/aromatic N) is 1. The van der Waals surface area contributed by atoms with E-state index in [0.29, 0.717) is 34.2 Å². The molecule has 0 unspecified atom stereocenters. The van der Waals surface area contributed by atoms with Crippen molar-refractivity contribution in [1.29, 1.82) is 0 Å². The number of nitrogens with one attached hydrogen (secondary N) is 2. The van der Waals surface area contributed by atoms with E-state index in [4.69, 9.17) is 25.8 Å². The van der Waals surface area contributed by atoms with Gasteiger partial charge in [0.25, 0.3) is 17.7 Å². The summed E-state index contributed by atoms with van der Waals surface area (Å²) in [5, 5.41) is 5.44. The van der Waals surface area contributed by atoms with E-state index in [0.717, 1.165) is 4.90 Å². The highest BCUT2D eigenvalue weighted by atomic mass is 35.5. The van der Waals surface area contributed by atoms with E-state index in [9.17, 15) is 14.4 Å². The number of hydrogen-bond acceptors (Lipinski definition) is 7. The molecule has 3 aromatic rings. The lowest BCUT2D eigenvalue weighted by Crippen LogP contribution is -2.32. The van der Waals surface area contributed by atoms with Crippen LogP contribution in [0.2, 0.25) is 0 Å². The van der Waals surface area contributed by atoms with Crippen LogP contribution in [-0.4, -0.2) is 38.0 Å². The fourth-order valence-electron chi connectivity index (χ4n) is 3.74. The SMILES string of the molecule is COc1ccc(OC)c(N2C(=O)C(Cl)=C(Nc3ccc(C(=O)Nc4ccc(OC(C)C)cc4)cc3)C2=O)c1. The van der Waals surface area contributed by atoms with Crippen LogP contribution in [0.5, 0.6) is 17.2 Å². The summed E-state index contributed by atoms with van der Waals surface area (Å²) in [6.45, 7) is 3.88. The molecule has 4 rings (SSSR count). The van der Waals surface area contributed by atoms with Crippen molar-refractivity contribution in [3.05, 3.63) is 83.0 Å². The third-order valence-corrected chi connectivity index (χ3v) is 5.91. The monoisotopic (exact) mass is 535 g/mol. The van der Waals surface area contributed by atoms with E-state index in [1.807, 2.05) is 13.8 Å². The van der Waals surface area contributed by atoms with E-state index in [1.165, 1.54) is 20.3 Å². The maximum Gasteiger partial charge on any atom is 0.283 e. The third-order valence-electron chi connectivity index (χ3n) is 5.55. The second-order valence-electron chi connectivity index (χ2n) is 8.52. The second kappa shape index (κ2) is 11.3. The molecule has 0 atom stereocenters. The van der Waals surface area contributed by atoms with Crippen LogP contribution in [-0.2, 0) is 9.59 Å². The normalized spacial score (nSPS) is 13.2. The van der Waals surface area contributed by atoms with Crippen LogP contribution in [0.4, 0.5) is 17.1 Å². The Morgan fingerprint density at radius 1 is 0.842 bits per heavy atom.